The zero-order valence-corrected chi connectivity index (χ0v) is 11.8. The molecule has 0 unspecified atom stereocenters. The van der Waals surface area contributed by atoms with Crippen molar-refractivity contribution in [2.75, 3.05) is 18.8 Å². The first-order valence-electron chi connectivity index (χ1n) is 6.06. The van der Waals surface area contributed by atoms with Crippen LogP contribution in [0.15, 0.2) is 30.3 Å². The van der Waals surface area contributed by atoms with E-state index < -0.39 is 10.0 Å². The van der Waals surface area contributed by atoms with Crippen molar-refractivity contribution >= 4 is 10.0 Å². The van der Waals surface area contributed by atoms with E-state index in [-0.39, 0.29) is 11.2 Å². The van der Waals surface area contributed by atoms with E-state index in [2.05, 4.69) is 4.72 Å². The minimum Gasteiger partial charge on any atom is -0.330 e. The molecule has 0 aliphatic heterocycles. The van der Waals surface area contributed by atoms with E-state index in [9.17, 15) is 8.42 Å². The highest BCUT2D eigenvalue weighted by atomic mass is 32.2. The second-order valence-corrected chi connectivity index (χ2v) is 7.17. The fraction of sp³-hybridized carbons (Fsp3) is 0.538. The quantitative estimate of drug-likeness (QED) is 0.780. The second kappa shape index (κ2) is 6.31. The fourth-order valence-corrected chi connectivity index (χ4v) is 2.61. The standard InChI is InChI=1S/C13H22N2O2S/c1-13(2,10-14)11-15-18(16,17)9-8-12-6-4-3-5-7-12/h3-7,15H,8-11,14H2,1-2H3. The maximum absolute atomic E-state index is 11.8. The van der Waals surface area contributed by atoms with Gasteiger partial charge in [-0.2, -0.15) is 0 Å². The molecule has 0 spiro atoms. The van der Waals surface area contributed by atoms with Crippen molar-refractivity contribution in [3.05, 3.63) is 35.9 Å². The van der Waals surface area contributed by atoms with Gasteiger partial charge >= 0.3 is 0 Å². The molecule has 0 atom stereocenters. The molecule has 3 N–H and O–H groups in total. The van der Waals surface area contributed by atoms with Crippen LogP contribution in [0.1, 0.15) is 19.4 Å². The molecule has 5 heteroatoms. The van der Waals surface area contributed by atoms with Crippen molar-refractivity contribution in [3.8, 4) is 0 Å². The lowest BCUT2D eigenvalue weighted by Gasteiger charge is -2.22. The SMILES string of the molecule is CC(C)(CN)CNS(=O)(=O)CCc1ccccc1. The molecule has 102 valence electrons. The Labute approximate surface area is 110 Å². The maximum Gasteiger partial charge on any atom is 0.211 e. The number of rotatable bonds is 7. The minimum atomic E-state index is -3.23. The average Bonchev–Trinajstić information content (AvgIpc) is 2.36. The van der Waals surface area contributed by atoms with E-state index in [1.807, 2.05) is 44.2 Å². The Bertz CT molecular complexity index is 455. The largest absolute Gasteiger partial charge is 0.330 e. The summed E-state index contributed by atoms with van der Waals surface area (Å²) in [6, 6.07) is 9.60. The number of nitrogens with two attached hydrogens (primary N) is 1. The predicted octanol–water partition coefficient (Wildman–Crippen LogP) is 1.13. The second-order valence-electron chi connectivity index (χ2n) is 5.24. The molecular weight excluding hydrogens is 248 g/mol. The molecule has 18 heavy (non-hydrogen) atoms. The van der Waals surface area contributed by atoms with Gasteiger partial charge in [-0.15, -0.1) is 0 Å². The van der Waals surface area contributed by atoms with Crippen molar-refractivity contribution in [1.29, 1.82) is 0 Å². The lowest BCUT2D eigenvalue weighted by molar-refractivity contribution is 0.376. The van der Waals surface area contributed by atoms with Gasteiger partial charge in [-0.1, -0.05) is 44.2 Å². The molecule has 0 aromatic heterocycles. The number of hydrogen-bond donors (Lipinski definition) is 2. The molecule has 0 bridgehead atoms. The molecule has 1 aromatic rings. The third kappa shape index (κ3) is 5.62. The molecular formula is C13H22N2O2S. The van der Waals surface area contributed by atoms with Gasteiger partial charge < -0.3 is 5.73 Å². The van der Waals surface area contributed by atoms with Crippen LogP contribution in [-0.4, -0.2) is 27.3 Å². The third-order valence-corrected chi connectivity index (χ3v) is 4.15. The van der Waals surface area contributed by atoms with Gasteiger partial charge in [-0.25, -0.2) is 13.1 Å². The van der Waals surface area contributed by atoms with Gasteiger partial charge in [0.25, 0.3) is 0 Å². The van der Waals surface area contributed by atoms with Crippen molar-refractivity contribution in [1.82, 2.24) is 4.72 Å². The van der Waals surface area contributed by atoms with Gasteiger partial charge in [-0.3, -0.25) is 0 Å². The zero-order chi connectivity index (χ0) is 13.6. The van der Waals surface area contributed by atoms with E-state index in [1.54, 1.807) is 0 Å². The summed E-state index contributed by atoms with van der Waals surface area (Å²) in [7, 11) is -3.23. The summed E-state index contributed by atoms with van der Waals surface area (Å²) in [4.78, 5) is 0. The smallest absolute Gasteiger partial charge is 0.211 e. The Hall–Kier alpha value is -0.910. The molecule has 0 aliphatic carbocycles. The van der Waals surface area contributed by atoms with Crippen molar-refractivity contribution in [3.63, 3.8) is 0 Å². The zero-order valence-electron chi connectivity index (χ0n) is 11.0. The van der Waals surface area contributed by atoms with Gasteiger partial charge in [0.05, 0.1) is 5.75 Å². The molecule has 1 rings (SSSR count). The summed E-state index contributed by atoms with van der Waals surface area (Å²) in [5.41, 5.74) is 6.39. The topological polar surface area (TPSA) is 72.2 Å². The van der Waals surface area contributed by atoms with Crippen LogP contribution >= 0.6 is 0 Å². The summed E-state index contributed by atoms with van der Waals surface area (Å²) < 4.78 is 26.2. The van der Waals surface area contributed by atoms with Gasteiger partial charge in [0, 0.05) is 6.54 Å². The van der Waals surface area contributed by atoms with Gasteiger partial charge in [-0.05, 0) is 23.9 Å². The van der Waals surface area contributed by atoms with Crippen LogP contribution in [-0.2, 0) is 16.4 Å². The highest BCUT2D eigenvalue weighted by Gasteiger charge is 2.19. The number of nitrogens with one attached hydrogen (secondary N) is 1. The molecule has 0 aliphatic rings. The Morgan fingerprint density at radius 2 is 1.83 bits per heavy atom. The molecule has 0 fully saturated rings. The van der Waals surface area contributed by atoms with Crippen molar-refractivity contribution in [2.45, 2.75) is 20.3 Å². The normalized spacial score (nSPS) is 12.6. The van der Waals surface area contributed by atoms with E-state index in [4.69, 9.17) is 5.73 Å². The van der Waals surface area contributed by atoms with Gasteiger partial charge in [0.2, 0.25) is 10.0 Å². The molecule has 1 aromatic carbocycles. The Morgan fingerprint density at radius 1 is 1.22 bits per heavy atom. The molecule has 0 heterocycles. The van der Waals surface area contributed by atoms with Gasteiger partial charge in [0.15, 0.2) is 0 Å². The number of benzene rings is 1. The average molecular weight is 270 g/mol. The summed E-state index contributed by atoms with van der Waals surface area (Å²) in [5.74, 6) is 0.109. The van der Waals surface area contributed by atoms with Crippen molar-refractivity contribution < 1.29 is 8.42 Å². The molecule has 0 radical (unpaired) electrons. The van der Waals surface area contributed by atoms with E-state index in [0.717, 1.165) is 5.56 Å². The first kappa shape index (κ1) is 15.1. The van der Waals surface area contributed by atoms with Crippen LogP contribution in [0.5, 0.6) is 0 Å². The lowest BCUT2D eigenvalue weighted by Crippen LogP contribution is -2.39. The first-order valence-corrected chi connectivity index (χ1v) is 7.71. The van der Waals surface area contributed by atoms with Crippen LogP contribution in [0.4, 0.5) is 0 Å². The summed E-state index contributed by atoms with van der Waals surface area (Å²) in [6.07, 6.45) is 0.527. The van der Waals surface area contributed by atoms with Crippen LogP contribution in [0.2, 0.25) is 0 Å². The van der Waals surface area contributed by atoms with E-state index >= 15 is 0 Å². The van der Waals surface area contributed by atoms with E-state index in [1.165, 1.54) is 0 Å². The highest BCUT2D eigenvalue weighted by Crippen LogP contribution is 2.11. The number of sulfonamides is 1. The monoisotopic (exact) mass is 270 g/mol. The van der Waals surface area contributed by atoms with Crippen molar-refractivity contribution in [2.24, 2.45) is 11.1 Å². The van der Waals surface area contributed by atoms with Crippen LogP contribution in [0.3, 0.4) is 0 Å². The third-order valence-electron chi connectivity index (χ3n) is 2.83. The Morgan fingerprint density at radius 3 is 2.39 bits per heavy atom. The van der Waals surface area contributed by atoms with Gasteiger partial charge in [0.1, 0.15) is 0 Å². The summed E-state index contributed by atoms with van der Waals surface area (Å²) in [6.45, 7) is 4.70. The fourth-order valence-electron chi connectivity index (χ4n) is 1.35. The predicted molar refractivity (Wildman–Crippen MR) is 74.8 cm³/mol. The lowest BCUT2D eigenvalue weighted by atomic mass is 9.95. The number of aryl methyl sites for hydroxylation is 1. The maximum atomic E-state index is 11.8. The molecule has 0 saturated heterocycles. The molecule has 0 amide bonds. The summed E-state index contributed by atoms with van der Waals surface area (Å²) in [5, 5.41) is 0. The Kier molecular flexibility index (Phi) is 5.31. The molecule has 4 nitrogen and oxygen atoms in total. The highest BCUT2D eigenvalue weighted by molar-refractivity contribution is 7.89. The van der Waals surface area contributed by atoms with Crippen LogP contribution < -0.4 is 10.5 Å². The first-order chi connectivity index (χ1) is 8.35. The molecule has 0 saturated carbocycles. The minimum absolute atomic E-state index is 0.109. The van der Waals surface area contributed by atoms with E-state index in [0.29, 0.717) is 19.5 Å². The van der Waals surface area contributed by atoms with Crippen LogP contribution in [0, 0.1) is 5.41 Å². The van der Waals surface area contributed by atoms with Crippen LogP contribution in [0.25, 0.3) is 0 Å². The number of hydrogen-bond acceptors (Lipinski definition) is 3. The Balaban J connectivity index is 2.46. The summed E-state index contributed by atoms with van der Waals surface area (Å²) >= 11 is 0.